The molecule has 4 nitrogen and oxygen atoms in total. The minimum absolute atomic E-state index is 0.0489. The zero-order valence-corrected chi connectivity index (χ0v) is 12.3. The Labute approximate surface area is 115 Å². The molecule has 0 amide bonds. The normalized spacial score (nSPS) is 23.6. The molecule has 4 heteroatoms. The topological polar surface area (TPSA) is 33.7 Å². The van der Waals surface area contributed by atoms with Gasteiger partial charge in [-0.15, -0.1) is 0 Å². The molecule has 0 spiro atoms. The Bertz CT molecular complexity index is 414. The van der Waals surface area contributed by atoms with Crippen LogP contribution in [0.2, 0.25) is 0 Å². The van der Waals surface area contributed by atoms with Crippen molar-refractivity contribution in [2.24, 2.45) is 0 Å². The van der Waals surface area contributed by atoms with Crippen molar-refractivity contribution < 1.29 is 9.47 Å². The van der Waals surface area contributed by atoms with Crippen molar-refractivity contribution in [3.05, 3.63) is 23.8 Å². The molecule has 0 radical (unpaired) electrons. The van der Waals surface area contributed by atoms with E-state index in [1.807, 2.05) is 25.2 Å². The summed E-state index contributed by atoms with van der Waals surface area (Å²) < 4.78 is 11.2. The molecule has 1 aliphatic rings. The molecule has 1 unspecified atom stereocenters. The van der Waals surface area contributed by atoms with Crippen LogP contribution in [0.3, 0.4) is 0 Å². The number of benzene rings is 1. The van der Waals surface area contributed by atoms with Crippen molar-refractivity contribution >= 4 is 0 Å². The van der Waals surface area contributed by atoms with Crippen LogP contribution in [-0.4, -0.2) is 46.3 Å². The van der Waals surface area contributed by atoms with E-state index in [2.05, 4.69) is 17.3 Å². The average Bonchev–Trinajstić information content (AvgIpc) is 2.80. The van der Waals surface area contributed by atoms with E-state index in [0.29, 0.717) is 0 Å². The number of methoxy groups -OCH3 is 2. The molecular formula is C15H24N2O2. The molecule has 19 heavy (non-hydrogen) atoms. The first-order chi connectivity index (χ1) is 9.19. The third-order valence-corrected chi connectivity index (χ3v) is 4.18. The van der Waals surface area contributed by atoms with Crippen molar-refractivity contribution in [2.45, 2.75) is 18.4 Å². The Kier molecular flexibility index (Phi) is 4.32. The Morgan fingerprint density at radius 3 is 2.32 bits per heavy atom. The maximum atomic E-state index is 5.59. The van der Waals surface area contributed by atoms with Crippen LogP contribution in [0, 0.1) is 0 Å². The average molecular weight is 264 g/mol. The predicted molar refractivity (Wildman–Crippen MR) is 77.0 cm³/mol. The van der Waals surface area contributed by atoms with Gasteiger partial charge >= 0.3 is 0 Å². The van der Waals surface area contributed by atoms with Crippen LogP contribution in [-0.2, 0) is 5.54 Å². The molecule has 1 aromatic carbocycles. The van der Waals surface area contributed by atoms with Gasteiger partial charge in [-0.3, -0.25) is 4.90 Å². The highest BCUT2D eigenvalue weighted by molar-refractivity contribution is 5.50. The molecule has 1 fully saturated rings. The first-order valence-corrected chi connectivity index (χ1v) is 6.77. The maximum absolute atomic E-state index is 5.59. The Balaban J connectivity index is 2.58. The van der Waals surface area contributed by atoms with Crippen molar-refractivity contribution in [1.82, 2.24) is 10.2 Å². The second-order valence-corrected chi connectivity index (χ2v) is 5.12. The summed E-state index contributed by atoms with van der Waals surface area (Å²) in [6.45, 7) is 1.99. The molecule has 1 atom stereocenters. The molecule has 0 aromatic heterocycles. The molecular weight excluding hydrogens is 240 g/mol. The van der Waals surface area contributed by atoms with Crippen LogP contribution < -0.4 is 14.8 Å². The maximum Gasteiger partial charge on any atom is 0.127 e. The molecule has 0 saturated carbocycles. The summed E-state index contributed by atoms with van der Waals surface area (Å²) in [5.74, 6) is 1.81. The number of likely N-dealkylation sites (tertiary alicyclic amines) is 1. The van der Waals surface area contributed by atoms with Crippen molar-refractivity contribution in [3.8, 4) is 11.5 Å². The lowest BCUT2D eigenvalue weighted by Gasteiger charge is -2.38. The van der Waals surface area contributed by atoms with E-state index in [4.69, 9.17) is 9.47 Å². The summed E-state index contributed by atoms with van der Waals surface area (Å²) in [5.41, 5.74) is 1.11. The van der Waals surface area contributed by atoms with Crippen LogP contribution >= 0.6 is 0 Å². The molecule has 1 N–H and O–H groups in total. The number of likely N-dealkylation sites (N-methyl/N-ethyl adjacent to an activating group) is 2. The van der Waals surface area contributed by atoms with Gasteiger partial charge in [-0.2, -0.15) is 0 Å². The summed E-state index contributed by atoms with van der Waals surface area (Å²) in [5, 5.41) is 3.33. The molecule has 0 bridgehead atoms. The summed E-state index contributed by atoms with van der Waals surface area (Å²) in [6, 6.07) is 6.01. The highest BCUT2D eigenvalue weighted by atomic mass is 16.5. The molecule has 106 valence electrons. The van der Waals surface area contributed by atoms with Crippen LogP contribution in [0.15, 0.2) is 18.2 Å². The highest BCUT2D eigenvalue weighted by Gasteiger charge is 2.43. The lowest BCUT2D eigenvalue weighted by Crippen LogP contribution is -2.46. The van der Waals surface area contributed by atoms with E-state index < -0.39 is 0 Å². The van der Waals surface area contributed by atoms with Crippen LogP contribution in [0.4, 0.5) is 0 Å². The van der Waals surface area contributed by atoms with Gasteiger partial charge in [0, 0.05) is 6.54 Å². The monoisotopic (exact) mass is 264 g/mol. The molecule has 1 aromatic rings. The van der Waals surface area contributed by atoms with Gasteiger partial charge in [0.1, 0.15) is 11.5 Å². The van der Waals surface area contributed by atoms with Crippen LogP contribution in [0.25, 0.3) is 0 Å². The minimum atomic E-state index is -0.0489. The van der Waals surface area contributed by atoms with E-state index in [-0.39, 0.29) is 5.54 Å². The lowest BCUT2D eigenvalue weighted by atomic mass is 9.85. The van der Waals surface area contributed by atoms with E-state index in [1.165, 1.54) is 6.42 Å². The van der Waals surface area contributed by atoms with Crippen molar-refractivity contribution in [1.29, 1.82) is 0 Å². The van der Waals surface area contributed by atoms with Gasteiger partial charge in [0.05, 0.1) is 25.3 Å². The van der Waals surface area contributed by atoms with Crippen LogP contribution in [0.1, 0.15) is 18.4 Å². The third kappa shape index (κ3) is 2.30. The van der Waals surface area contributed by atoms with Gasteiger partial charge in [0.25, 0.3) is 0 Å². The summed E-state index contributed by atoms with van der Waals surface area (Å²) in [7, 11) is 7.62. The smallest absolute Gasteiger partial charge is 0.127 e. The number of nitrogens with one attached hydrogen (secondary N) is 1. The number of ether oxygens (including phenoxy) is 2. The number of hydrogen-bond donors (Lipinski definition) is 1. The largest absolute Gasteiger partial charge is 0.496 e. The lowest BCUT2D eigenvalue weighted by molar-refractivity contribution is 0.162. The van der Waals surface area contributed by atoms with E-state index in [1.54, 1.807) is 14.2 Å². The zero-order chi connectivity index (χ0) is 13.9. The third-order valence-electron chi connectivity index (χ3n) is 4.18. The van der Waals surface area contributed by atoms with E-state index >= 15 is 0 Å². The first-order valence-electron chi connectivity index (χ1n) is 6.77. The fourth-order valence-electron chi connectivity index (χ4n) is 3.24. The number of nitrogens with zero attached hydrogens (tertiary/aromatic N) is 1. The molecule has 1 saturated heterocycles. The molecule has 2 rings (SSSR count). The first kappa shape index (κ1) is 14.2. The van der Waals surface area contributed by atoms with Gasteiger partial charge in [-0.1, -0.05) is 6.07 Å². The molecule has 0 aliphatic carbocycles. The fraction of sp³-hybridized carbons (Fsp3) is 0.600. The quantitative estimate of drug-likeness (QED) is 0.880. The second-order valence-electron chi connectivity index (χ2n) is 5.12. The van der Waals surface area contributed by atoms with Gasteiger partial charge in [0.2, 0.25) is 0 Å². The summed E-state index contributed by atoms with van der Waals surface area (Å²) in [4.78, 5) is 2.41. The Morgan fingerprint density at radius 2 is 1.89 bits per heavy atom. The fourth-order valence-corrected chi connectivity index (χ4v) is 3.24. The van der Waals surface area contributed by atoms with E-state index in [9.17, 15) is 0 Å². The standard InChI is InChI=1S/C15H24N2O2/c1-16-11-15(9-6-10-17(15)2)14-12(18-3)7-5-8-13(14)19-4/h5,7-8,16H,6,9-11H2,1-4H3. The SMILES string of the molecule is CNCC1(c2c(OC)cccc2OC)CCCN1C. The van der Waals surface area contributed by atoms with Gasteiger partial charge in [-0.25, -0.2) is 0 Å². The Hall–Kier alpha value is -1.26. The molecule has 1 heterocycles. The van der Waals surface area contributed by atoms with Gasteiger partial charge < -0.3 is 14.8 Å². The Morgan fingerprint density at radius 1 is 1.26 bits per heavy atom. The highest BCUT2D eigenvalue weighted by Crippen LogP contribution is 2.46. The van der Waals surface area contributed by atoms with Crippen LogP contribution in [0.5, 0.6) is 11.5 Å². The predicted octanol–water partition coefficient (Wildman–Crippen LogP) is 1.84. The van der Waals surface area contributed by atoms with Crippen molar-refractivity contribution in [3.63, 3.8) is 0 Å². The molecule has 1 aliphatic heterocycles. The van der Waals surface area contributed by atoms with Gasteiger partial charge in [-0.05, 0) is 45.6 Å². The second kappa shape index (κ2) is 5.80. The number of hydrogen-bond acceptors (Lipinski definition) is 4. The number of rotatable bonds is 5. The zero-order valence-electron chi connectivity index (χ0n) is 12.3. The van der Waals surface area contributed by atoms with Gasteiger partial charge in [0.15, 0.2) is 0 Å². The van der Waals surface area contributed by atoms with E-state index in [0.717, 1.165) is 36.6 Å². The summed E-state index contributed by atoms with van der Waals surface area (Å²) >= 11 is 0. The minimum Gasteiger partial charge on any atom is -0.496 e. The van der Waals surface area contributed by atoms with Crippen molar-refractivity contribution in [2.75, 3.05) is 41.4 Å². The summed E-state index contributed by atoms with van der Waals surface area (Å²) in [6.07, 6.45) is 2.31.